The van der Waals surface area contributed by atoms with Crippen molar-refractivity contribution in [2.24, 2.45) is 5.92 Å². The summed E-state index contributed by atoms with van der Waals surface area (Å²) in [5, 5.41) is 10.8. The summed E-state index contributed by atoms with van der Waals surface area (Å²) in [4.78, 5) is 34.2. The molecule has 0 aliphatic carbocycles. The monoisotopic (exact) mass is 397 g/mol. The third-order valence-electron chi connectivity index (χ3n) is 3.89. The van der Waals surface area contributed by atoms with Gasteiger partial charge in [0.15, 0.2) is 0 Å². The summed E-state index contributed by atoms with van der Waals surface area (Å²) in [5.41, 5.74) is 5.35. The van der Waals surface area contributed by atoms with E-state index in [2.05, 4.69) is 24.7 Å². The summed E-state index contributed by atoms with van der Waals surface area (Å²) < 4.78 is 5.59. The number of carbonyl (C=O) groups excluding carboxylic acids is 2. The molecule has 2 aromatic rings. The number of hydrogen-bond donors (Lipinski definition) is 2. The number of hydrazine groups is 1. The standard InChI is InChI=1S/C21H23N3O5/c1-15(2)12-13-29-19-9-7-17(8-10-19)21(26)23-22-20(25)11-6-16-4-3-5-18(14-16)24(27)28/h3-11,14-15H,12-13H2,1-2H3,(H,22,25)(H,23,26)/b11-6+. The minimum Gasteiger partial charge on any atom is -0.494 e. The minimum atomic E-state index is -0.571. The molecule has 0 spiro atoms. The van der Waals surface area contributed by atoms with Crippen molar-refractivity contribution in [1.29, 1.82) is 0 Å². The van der Waals surface area contributed by atoms with E-state index in [0.29, 0.717) is 29.4 Å². The van der Waals surface area contributed by atoms with Crippen molar-refractivity contribution in [3.63, 3.8) is 0 Å². The Morgan fingerprint density at radius 2 is 1.86 bits per heavy atom. The maximum Gasteiger partial charge on any atom is 0.270 e. The predicted molar refractivity (Wildman–Crippen MR) is 109 cm³/mol. The van der Waals surface area contributed by atoms with Crippen LogP contribution in [0.25, 0.3) is 6.08 Å². The molecule has 0 fully saturated rings. The molecule has 0 radical (unpaired) electrons. The lowest BCUT2D eigenvalue weighted by Gasteiger charge is -2.09. The number of nitro groups is 1. The van der Waals surface area contributed by atoms with Crippen molar-refractivity contribution < 1.29 is 19.2 Å². The molecule has 0 aromatic heterocycles. The van der Waals surface area contributed by atoms with Crippen LogP contribution in [0.5, 0.6) is 5.75 Å². The highest BCUT2D eigenvalue weighted by molar-refractivity contribution is 5.98. The fraction of sp³-hybridized carbons (Fsp3) is 0.238. The fourth-order valence-corrected chi connectivity index (χ4v) is 2.26. The lowest BCUT2D eigenvalue weighted by molar-refractivity contribution is -0.384. The first kappa shape index (κ1) is 21.6. The van der Waals surface area contributed by atoms with Crippen LogP contribution in [-0.4, -0.2) is 23.3 Å². The first-order valence-corrected chi connectivity index (χ1v) is 9.11. The number of nitrogens with zero attached hydrogens (tertiary/aromatic N) is 1. The van der Waals surface area contributed by atoms with E-state index in [1.807, 2.05) is 0 Å². The molecule has 2 aromatic carbocycles. The number of rotatable bonds is 8. The van der Waals surface area contributed by atoms with Crippen molar-refractivity contribution in [1.82, 2.24) is 10.9 Å². The molecule has 2 amide bonds. The van der Waals surface area contributed by atoms with Gasteiger partial charge in [-0.2, -0.15) is 0 Å². The Bertz CT molecular complexity index is 891. The average Bonchev–Trinajstić information content (AvgIpc) is 2.71. The van der Waals surface area contributed by atoms with Gasteiger partial charge in [0.25, 0.3) is 17.5 Å². The zero-order chi connectivity index (χ0) is 21.2. The van der Waals surface area contributed by atoms with Crippen LogP contribution in [0.2, 0.25) is 0 Å². The van der Waals surface area contributed by atoms with Crippen LogP contribution in [0.1, 0.15) is 36.2 Å². The average molecular weight is 397 g/mol. The van der Waals surface area contributed by atoms with Gasteiger partial charge in [-0.3, -0.25) is 30.6 Å². The van der Waals surface area contributed by atoms with E-state index in [4.69, 9.17) is 4.74 Å². The van der Waals surface area contributed by atoms with Gasteiger partial charge < -0.3 is 4.74 Å². The molecule has 152 valence electrons. The largest absolute Gasteiger partial charge is 0.494 e. The Balaban J connectivity index is 1.83. The topological polar surface area (TPSA) is 111 Å². The third kappa shape index (κ3) is 7.45. The van der Waals surface area contributed by atoms with Gasteiger partial charge in [0.05, 0.1) is 11.5 Å². The van der Waals surface area contributed by atoms with Gasteiger partial charge in [-0.1, -0.05) is 26.0 Å². The lowest BCUT2D eigenvalue weighted by atomic mass is 10.1. The van der Waals surface area contributed by atoms with Crippen LogP contribution < -0.4 is 15.6 Å². The van der Waals surface area contributed by atoms with Gasteiger partial charge in [-0.15, -0.1) is 0 Å². The molecule has 0 aliphatic heterocycles. The molecule has 0 unspecified atom stereocenters. The number of non-ortho nitro benzene ring substituents is 1. The molecule has 2 rings (SSSR count). The van der Waals surface area contributed by atoms with Gasteiger partial charge in [0, 0.05) is 23.8 Å². The van der Waals surface area contributed by atoms with Crippen molar-refractivity contribution in [2.75, 3.05) is 6.61 Å². The second kappa shape index (κ2) is 10.6. The second-order valence-electron chi connectivity index (χ2n) is 6.68. The van der Waals surface area contributed by atoms with Crippen molar-refractivity contribution in [2.45, 2.75) is 20.3 Å². The summed E-state index contributed by atoms with van der Waals surface area (Å²) in [6.07, 6.45) is 3.53. The van der Waals surface area contributed by atoms with Crippen LogP contribution in [0.4, 0.5) is 5.69 Å². The Morgan fingerprint density at radius 1 is 1.14 bits per heavy atom. The number of ether oxygens (including phenoxy) is 1. The Hall–Kier alpha value is -3.68. The van der Waals surface area contributed by atoms with Gasteiger partial charge in [0.1, 0.15) is 5.75 Å². The molecule has 2 N–H and O–H groups in total. The van der Waals surface area contributed by atoms with E-state index < -0.39 is 16.7 Å². The van der Waals surface area contributed by atoms with E-state index in [1.54, 1.807) is 30.3 Å². The first-order chi connectivity index (χ1) is 13.8. The normalized spacial score (nSPS) is 10.7. The number of nitro benzene ring substituents is 1. The Kier molecular flexibility index (Phi) is 7.90. The highest BCUT2D eigenvalue weighted by Crippen LogP contribution is 2.14. The van der Waals surface area contributed by atoms with E-state index in [1.165, 1.54) is 30.4 Å². The number of amides is 2. The molecule has 0 aliphatic rings. The highest BCUT2D eigenvalue weighted by Gasteiger charge is 2.07. The number of benzene rings is 2. The molecular formula is C21H23N3O5. The smallest absolute Gasteiger partial charge is 0.270 e. The molecule has 8 heteroatoms. The molecular weight excluding hydrogens is 374 g/mol. The van der Waals surface area contributed by atoms with E-state index in [0.717, 1.165) is 6.42 Å². The predicted octanol–water partition coefficient (Wildman–Crippen LogP) is 3.49. The number of carbonyl (C=O) groups is 2. The zero-order valence-electron chi connectivity index (χ0n) is 16.3. The maximum absolute atomic E-state index is 12.1. The summed E-state index contributed by atoms with van der Waals surface area (Å²) in [5.74, 6) is 0.176. The quantitative estimate of drug-likeness (QED) is 0.402. The molecule has 29 heavy (non-hydrogen) atoms. The lowest BCUT2D eigenvalue weighted by Crippen LogP contribution is -2.40. The van der Waals surface area contributed by atoms with Crippen LogP contribution in [0.3, 0.4) is 0 Å². The number of hydrogen-bond acceptors (Lipinski definition) is 5. The van der Waals surface area contributed by atoms with Crippen LogP contribution >= 0.6 is 0 Å². The molecule has 0 atom stereocenters. The van der Waals surface area contributed by atoms with Crippen LogP contribution in [-0.2, 0) is 4.79 Å². The molecule has 8 nitrogen and oxygen atoms in total. The Morgan fingerprint density at radius 3 is 2.52 bits per heavy atom. The molecule has 0 heterocycles. The maximum atomic E-state index is 12.1. The third-order valence-corrected chi connectivity index (χ3v) is 3.89. The summed E-state index contributed by atoms with van der Waals surface area (Å²) in [7, 11) is 0. The SMILES string of the molecule is CC(C)CCOc1ccc(C(=O)NNC(=O)/C=C/c2cccc([N+](=O)[O-])c2)cc1. The van der Waals surface area contributed by atoms with Crippen molar-refractivity contribution >= 4 is 23.6 Å². The van der Waals surface area contributed by atoms with E-state index in [9.17, 15) is 19.7 Å². The van der Waals surface area contributed by atoms with Crippen LogP contribution in [0, 0.1) is 16.0 Å². The second-order valence-corrected chi connectivity index (χ2v) is 6.68. The minimum absolute atomic E-state index is 0.0718. The van der Waals surface area contributed by atoms with Gasteiger partial charge in [-0.25, -0.2) is 0 Å². The van der Waals surface area contributed by atoms with Gasteiger partial charge in [-0.05, 0) is 48.2 Å². The summed E-state index contributed by atoms with van der Waals surface area (Å²) >= 11 is 0. The van der Waals surface area contributed by atoms with Crippen molar-refractivity contribution in [3.05, 3.63) is 75.8 Å². The van der Waals surface area contributed by atoms with Crippen molar-refractivity contribution in [3.8, 4) is 5.75 Å². The zero-order valence-corrected chi connectivity index (χ0v) is 16.3. The van der Waals surface area contributed by atoms with E-state index >= 15 is 0 Å². The van der Waals surface area contributed by atoms with Gasteiger partial charge in [0.2, 0.25) is 0 Å². The van der Waals surface area contributed by atoms with E-state index in [-0.39, 0.29) is 5.69 Å². The van der Waals surface area contributed by atoms with Gasteiger partial charge >= 0.3 is 0 Å². The molecule has 0 bridgehead atoms. The van der Waals surface area contributed by atoms with Crippen LogP contribution in [0.15, 0.2) is 54.6 Å². The first-order valence-electron chi connectivity index (χ1n) is 9.11. The molecule has 0 saturated heterocycles. The Labute approximate surface area is 168 Å². The summed E-state index contributed by atoms with van der Waals surface area (Å²) in [6.45, 7) is 4.84. The summed E-state index contributed by atoms with van der Waals surface area (Å²) in [6, 6.07) is 12.4. The highest BCUT2D eigenvalue weighted by atomic mass is 16.6. The fourth-order valence-electron chi connectivity index (χ4n) is 2.26. The number of nitrogens with one attached hydrogen (secondary N) is 2. The molecule has 0 saturated carbocycles.